The molecule has 0 amide bonds. The summed E-state index contributed by atoms with van der Waals surface area (Å²) >= 11 is 0. The fraction of sp³-hybridized carbons (Fsp3) is 0.0909. The van der Waals surface area contributed by atoms with E-state index in [1.807, 2.05) is 0 Å². The Morgan fingerprint density at radius 2 is 1.75 bits per heavy atom. The van der Waals surface area contributed by atoms with Crippen LogP contribution in [0.5, 0.6) is 0 Å². The van der Waals surface area contributed by atoms with E-state index in [2.05, 4.69) is 0 Å². The molecule has 1 atom stereocenters. The lowest BCUT2D eigenvalue weighted by molar-refractivity contribution is 0.0990. The highest BCUT2D eigenvalue weighted by atomic mass is 32.2. The maximum atomic E-state index is 11.8. The summed E-state index contributed by atoms with van der Waals surface area (Å²) in [5.74, 6) is -1.47. The largest absolute Gasteiger partial charge is 0.383 e. The van der Waals surface area contributed by atoms with Crippen molar-refractivity contribution in [3.8, 4) is 0 Å². The van der Waals surface area contributed by atoms with Crippen molar-refractivity contribution in [3.63, 3.8) is 0 Å². The first kappa shape index (κ1) is 10.9. The van der Waals surface area contributed by atoms with E-state index in [0.717, 1.165) is 6.08 Å². The highest BCUT2D eigenvalue weighted by Crippen LogP contribution is 2.22. The summed E-state index contributed by atoms with van der Waals surface area (Å²) in [6.07, 6.45) is 1.04. The molecule has 5 heteroatoms. The second kappa shape index (κ2) is 4.11. The van der Waals surface area contributed by atoms with Crippen molar-refractivity contribution in [3.05, 3.63) is 46.4 Å². The topological polar surface area (TPSA) is 71.4 Å². The molecule has 4 nitrogen and oxygen atoms in total. The Bertz CT molecular complexity index is 531. The minimum Gasteiger partial charge on any atom is -0.383 e. The van der Waals surface area contributed by atoms with Gasteiger partial charge in [-0.1, -0.05) is 24.3 Å². The molecule has 1 aromatic carbocycles. The zero-order chi connectivity index (χ0) is 11.7. The minimum absolute atomic E-state index is 0.133. The van der Waals surface area contributed by atoms with Gasteiger partial charge >= 0.3 is 0 Å². The van der Waals surface area contributed by atoms with E-state index < -0.39 is 22.5 Å². The highest BCUT2D eigenvalue weighted by molar-refractivity contribution is 7.89. The number of hydrogen-bond acceptors (Lipinski definition) is 4. The van der Waals surface area contributed by atoms with Crippen molar-refractivity contribution < 1.29 is 18.9 Å². The first-order valence-electron chi connectivity index (χ1n) is 4.54. The van der Waals surface area contributed by atoms with E-state index in [4.69, 9.17) is 5.11 Å². The van der Waals surface area contributed by atoms with Gasteiger partial charge in [0, 0.05) is 17.2 Å². The van der Waals surface area contributed by atoms with E-state index in [9.17, 15) is 13.8 Å². The molecule has 0 heterocycles. The third-order valence-corrected chi connectivity index (χ3v) is 3.31. The number of allylic oxidation sites excluding steroid dienone is 2. The number of fused-ring (bicyclic) bond motifs is 1. The van der Waals surface area contributed by atoms with E-state index in [-0.39, 0.29) is 16.3 Å². The van der Waals surface area contributed by atoms with Crippen LogP contribution in [-0.2, 0) is 10.8 Å². The van der Waals surface area contributed by atoms with Gasteiger partial charge in [0.15, 0.2) is 5.78 Å². The molecule has 1 aliphatic rings. The van der Waals surface area contributed by atoms with Crippen LogP contribution in [0.3, 0.4) is 0 Å². The molecule has 1 N–H and O–H groups in total. The first-order chi connectivity index (χ1) is 7.65. The maximum Gasteiger partial charge on any atom is 0.202 e. The molecule has 0 spiro atoms. The number of carbonyl (C=O) groups is 2. The average molecular weight is 236 g/mol. The van der Waals surface area contributed by atoms with Crippen molar-refractivity contribution in [1.29, 1.82) is 0 Å². The molecule has 1 unspecified atom stereocenters. The molecule has 0 fully saturated rings. The normalized spacial score (nSPS) is 16.7. The van der Waals surface area contributed by atoms with Gasteiger partial charge in [0.05, 0.1) is 15.7 Å². The number of benzene rings is 1. The summed E-state index contributed by atoms with van der Waals surface area (Å²) in [5, 5.41) is 8.73. The zero-order valence-corrected chi connectivity index (χ0v) is 8.99. The second-order valence-electron chi connectivity index (χ2n) is 3.22. The number of carbonyl (C=O) groups excluding carboxylic acids is 2. The quantitative estimate of drug-likeness (QED) is 0.818. The summed E-state index contributed by atoms with van der Waals surface area (Å²) in [5.41, 5.74) is 0.554. The summed E-state index contributed by atoms with van der Waals surface area (Å²) < 4.78 is 11.4. The van der Waals surface area contributed by atoms with Crippen molar-refractivity contribution in [2.24, 2.45) is 0 Å². The fourth-order valence-electron chi connectivity index (χ4n) is 1.53. The molecule has 0 saturated heterocycles. The van der Waals surface area contributed by atoms with Crippen LogP contribution in [0.25, 0.3) is 0 Å². The van der Waals surface area contributed by atoms with Gasteiger partial charge in [0.2, 0.25) is 5.78 Å². The monoisotopic (exact) mass is 236 g/mol. The molecule has 0 bridgehead atoms. The highest BCUT2D eigenvalue weighted by Gasteiger charge is 2.27. The molecule has 1 aromatic rings. The molecule has 1 aliphatic carbocycles. The Balaban J connectivity index is 2.56. The lowest BCUT2D eigenvalue weighted by Crippen LogP contribution is -2.20. The van der Waals surface area contributed by atoms with Gasteiger partial charge in [-0.15, -0.1) is 0 Å². The minimum atomic E-state index is -1.83. The fourth-order valence-corrected chi connectivity index (χ4v) is 2.22. The molecule has 0 aliphatic heterocycles. The number of hydrogen-bond donors (Lipinski definition) is 1. The average Bonchev–Trinajstić information content (AvgIpc) is 2.33. The Kier molecular flexibility index (Phi) is 2.80. The van der Waals surface area contributed by atoms with Crippen molar-refractivity contribution in [2.45, 2.75) is 0 Å². The second-order valence-corrected chi connectivity index (χ2v) is 4.61. The Labute approximate surface area is 94.1 Å². The lowest BCUT2D eigenvalue weighted by Gasteiger charge is -2.13. The van der Waals surface area contributed by atoms with Crippen LogP contribution in [0.2, 0.25) is 0 Å². The van der Waals surface area contributed by atoms with Gasteiger partial charge in [-0.2, -0.15) is 0 Å². The van der Waals surface area contributed by atoms with E-state index in [1.54, 1.807) is 18.2 Å². The van der Waals surface area contributed by atoms with E-state index >= 15 is 0 Å². The number of rotatable bonds is 2. The SMILES string of the molecule is O=C1C=C(S(=O)CO)C(=O)c2ccccc21. The van der Waals surface area contributed by atoms with Crippen molar-refractivity contribution >= 4 is 22.4 Å². The van der Waals surface area contributed by atoms with Gasteiger partial charge in [0.1, 0.15) is 5.94 Å². The van der Waals surface area contributed by atoms with E-state index in [1.165, 1.54) is 6.07 Å². The predicted octanol–water partition coefficient (Wildman–Crippen LogP) is 0.648. The van der Waals surface area contributed by atoms with Crippen LogP contribution in [-0.4, -0.2) is 26.8 Å². The molecular formula is C11H8O4S. The molecular weight excluding hydrogens is 228 g/mol. The molecule has 82 valence electrons. The lowest BCUT2D eigenvalue weighted by atomic mass is 9.95. The molecule has 0 saturated carbocycles. The van der Waals surface area contributed by atoms with Crippen LogP contribution < -0.4 is 0 Å². The van der Waals surface area contributed by atoms with Gasteiger partial charge in [-0.3, -0.25) is 13.8 Å². The summed E-state index contributed by atoms with van der Waals surface area (Å²) in [6.45, 7) is 0. The van der Waals surface area contributed by atoms with Crippen molar-refractivity contribution in [1.82, 2.24) is 0 Å². The summed E-state index contributed by atoms with van der Waals surface area (Å²) in [4.78, 5) is 23.3. The summed E-state index contributed by atoms with van der Waals surface area (Å²) in [6, 6.07) is 6.35. The molecule has 16 heavy (non-hydrogen) atoms. The van der Waals surface area contributed by atoms with Gasteiger partial charge in [-0.25, -0.2) is 0 Å². The van der Waals surface area contributed by atoms with Crippen LogP contribution >= 0.6 is 0 Å². The smallest absolute Gasteiger partial charge is 0.202 e. The van der Waals surface area contributed by atoms with Crippen LogP contribution in [0, 0.1) is 0 Å². The zero-order valence-electron chi connectivity index (χ0n) is 8.17. The first-order valence-corrected chi connectivity index (χ1v) is 5.86. The van der Waals surface area contributed by atoms with Gasteiger partial charge < -0.3 is 5.11 Å². The Morgan fingerprint density at radius 3 is 2.38 bits per heavy atom. The number of Topliss-reactive ketones (excluding diaryl/α,β-unsaturated/α-hetero) is 1. The Morgan fingerprint density at radius 1 is 1.12 bits per heavy atom. The summed E-state index contributed by atoms with van der Waals surface area (Å²) in [7, 11) is -1.83. The number of aliphatic hydroxyl groups excluding tert-OH is 1. The third-order valence-electron chi connectivity index (χ3n) is 2.29. The number of aliphatic hydroxyl groups is 1. The van der Waals surface area contributed by atoms with Gasteiger partial charge in [0.25, 0.3) is 0 Å². The molecule has 0 aromatic heterocycles. The standard InChI is InChI=1S/C11H8O4S/c12-6-16(15)10-5-9(13)7-3-1-2-4-8(7)11(10)14/h1-5,12H,6H2. The number of ketones is 2. The predicted molar refractivity (Wildman–Crippen MR) is 58.4 cm³/mol. The maximum absolute atomic E-state index is 11.8. The van der Waals surface area contributed by atoms with Crippen LogP contribution in [0.1, 0.15) is 20.7 Å². The van der Waals surface area contributed by atoms with Crippen LogP contribution in [0.4, 0.5) is 0 Å². The van der Waals surface area contributed by atoms with Crippen LogP contribution in [0.15, 0.2) is 35.2 Å². The van der Waals surface area contributed by atoms with Crippen molar-refractivity contribution in [2.75, 3.05) is 5.94 Å². The molecule has 0 radical (unpaired) electrons. The third kappa shape index (κ3) is 1.64. The molecule has 2 rings (SSSR count). The van der Waals surface area contributed by atoms with Gasteiger partial charge in [-0.05, 0) is 0 Å². The Hall–Kier alpha value is -1.59. The van der Waals surface area contributed by atoms with E-state index in [0.29, 0.717) is 5.56 Å².